The number of rotatable bonds is 1. The third kappa shape index (κ3) is 1.02. The van der Waals surface area contributed by atoms with Gasteiger partial charge in [-0.3, -0.25) is 5.10 Å². The second kappa shape index (κ2) is 2.23. The van der Waals surface area contributed by atoms with E-state index in [1.807, 2.05) is 6.92 Å². The van der Waals surface area contributed by atoms with Gasteiger partial charge in [0, 0.05) is 0 Å². The minimum Gasteiger partial charge on any atom is -0.460 e. The molecule has 2 heterocycles. The summed E-state index contributed by atoms with van der Waals surface area (Å²) >= 11 is 0. The fraction of sp³-hybridized carbons (Fsp3) is 0.143. The smallest absolute Gasteiger partial charge is 0.169 e. The van der Waals surface area contributed by atoms with Gasteiger partial charge in [-0.25, -0.2) is 4.98 Å². The van der Waals surface area contributed by atoms with E-state index < -0.39 is 0 Å². The first-order valence-corrected chi connectivity index (χ1v) is 3.20. The third-order valence-electron chi connectivity index (χ3n) is 1.34. The van der Waals surface area contributed by atoms with Gasteiger partial charge in [-0.1, -0.05) is 0 Å². The van der Waals surface area contributed by atoms with Crippen LogP contribution in [0.2, 0.25) is 0 Å². The van der Waals surface area contributed by atoms with Crippen LogP contribution < -0.4 is 0 Å². The first-order valence-electron chi connectivity index (χ1n) is 3.20. The molecule has 4 nitrogen and oxygen atoms in total. The summed E-state index contributed by atoms with van der Waals surface area (Å²) in [5.74, 6) is 1.44. The Morgan fingerprint density at radius 3 is 3.09 bits per heavy atom. The van der Waals surface area contributed by atoms with Gasteiger partial charge in [0.15, 0.2) is 12.1 Å². The Balaban J connectivity index is 2.45. The van der Waals surface area contributed by atoms with Crippen LogP contribution in [0.25, 0.3) is 11.4 Å². The maximum absolute atomic E-state index is 4.77. The van der Waals surface area contributed by atoms with E-state index >= 15 is 0 Å². The van der Waals surface area contributed by atoms with Crippen LogP contribution in [-0.2, 0) is 0 Å². The van der Waals surface area contributed by atoms with E-state index in [1.165, 1.54) is 0 Å². The Morgan fingerprint density at radius 1 is 1.64 bits per heavy atom. The molecule has 0 atom stereocenters. The van der Waals surface area contributed by atoms with Crippen LogP contribution in [0.5, 0.6) is 0 Å². The summed E-state index contributed by atoms with van der Waals surface area (Å²) in [4.78, 5) is 4.11. The molecule has 2 aromatic rings. The second-order valence-electron chi connectivity index (χ2n) is 2.18. The predicted molar refractivity (Wildman–Crippen MR) is 37.7 cm³/mol. The van der Waals surface area contributed by atoms with E-state index in [1.54, 1.807) is 12.3 Å². The van der Waals surface area contributed by atoms with Crippen molar-refractivity contribution in [1.82, 2.24) is 15.2 Å². The second-order valence-corrected chi connectivity index (χ2v) is 2.18. The number of aromatic amines is 1. The van der Waals surface area contributed by atoms with Gasteiger partial charge in [0.05, 0.1) is 5.56 Å². The fourth-order valence-electron chi connectivity index (χ4n) is 0.828. The Labute approximate surface area is 63.3 Å². The molecule has 0 unspecified atom stereocenters. The summed E-state index contributed by atoms with van der Waals surface area (Å²) in [5.41, 5.74) is 0.866. The molecule has 1 N–H and O–H groups in total. The van der Waals surface area contributed by atoms with E-state index in [0.717, 1.165) is 11.4 Å². The molecule has 0 spiro atoms. The summed E-state index contributed by atoms with van der Waals surface area (Å²) in [6, 6.07) is 1.71. The molecule has 11 heavy (non-hydrogen) atoms. The van der Waals surface area contributed by atoms with Gasteiger partial charge < -0.3 is 4.42 Å². The summed E-state index contributed by atoms with van der Waals surface area (Å²) < 4.78 is 4.77. The number of hydrogen-bond acceptors (Lipinski definition) is 3. The molecule has 0 aliphatic heterocycles. The van der Waals surface area contributed by atoms with Crippen molar-refractivity contribution in [2.24, 2.45) is 0 Å². The molecule has 2 aromatic heterocycles. The molecular formula is C7H6N3O. The van der Waals surface area contributed by atoms with Gasteiger partial charge >= 0.3 is 0 Å². The molecule has 2 rings (SSSR count). The Morgan fingerprint density at radius 2 is 2.55 bits per heavy atom. The minimum atomic E-state index is 0.715. The van der Waals surface area contributed by atoms with Gasteiger partial charge in [-0.15, -0.1) is 0 Å². The molecule has 0 saturated heterocycles. The Hall–Kier alpha value is -1.58. The number of furan rings is 1. The van der Waals surface area contributed by atoms with Crippen LogP contribution in [0.4, 0.5) is 0 Å². The first-order chi connectivity index (χ1) is 5.36. The van der Waals surface area contributed by atoms with Crippen LogP contribution in [0.3, 0.4) is 0 Å². The third-order valence-corrected chi connectivity index (χ3v) is 1.34. The fourth-order valence-corrected chi connectivity index (χ4v) is 0.828. The number of H-pyrrole nitrogens is 1. The molecule has 0 saturated carbocycles. The van der Waals surface area contributed by atoms with Crippen molar-refractivity contribution in [3.05, 3.63) is 24.4 Å². The maximum atomic E-state index is 4.77. The summed E-state index contributed by atoms with van der Waals surface area (Å²) in [7, 11) is 0. The average Bonchev–Trinajstić information content (AvgIpc) is 2.55. The molecule has 0 aliphatic rings. The van der Waals surface area contributed by atoms with Gasteiger partial charge in [0.25, 0.3) is 0 Å². The SMILES string of the molecule is Cc1n[nH]c(-c2c[c]oc2)n1. The van der Waals surface area contributed by atoms with Crippen molar-refractivity contribution in [2.75, 3.05) is 0 Å². The zero-order valence-corrected chi connectivity index (χ0v) is 5.96. The highest BCUT2D eigenvalue weighted by molar-refractivity contribution is 5.51. The van der Waals surface area contributed by atoms with Crippen molar-refractivity contribution in [2.45, 2.75) is 6.92 Å². The quantitative estimate of drug-likeness (QED) is 0.660. The highest BCUT2D eigenvalue weighted by Gasteiger charge is 2.02. The number of hydrogen-bond donors (Lipinski definition) is 1. The molecule has 0 bridgehead atoms. The zero-order valence-electron chi connectivity index (χ0n) is 5.96. The van der Waals surface area contributed by atoms with Gasteiger partial charge in [0.1, 0.15) is 12.1 Å². The lowest BCUT2D eigenvalue weighted by Gasteiger charge is -1.82. The normalized spacial score (nSPS) is 10.3. The van der Waals surface area contributed by atoms with Gasteiger partial charge in [0.2, 0.25) is 0 Å². The van der Waals surface area contributed by atoms with Crippen LogP contribution in [-0.4, -0.2) is 15.2 Å². The largest absolute Gasteiger partial charge is 0.460 e. The van der Waals surface area contributed by atoms with Gasteiger partial charge in [-0.2, -0.15) is 5.10 Å². The van der Waals surface area contributed by atoms with Crippen molar-refractivity contribution < 1.29 is 4.42 Å². The highest BCUT2D eigenvalue weighted by atomic mass is 16.3. The monoisotopic (exact) mass is 148 g/mol. The average molecular weight is 148 g/mol. The molecule has 0 fully saturated rings. The van der Waals surface area contributed by atoms with Crippen LogP contribution >= 0.6 is 0 Å². The summed E-state index contributed by atoms with van der Waals surface area (Å²) in [5, 5.41) is 6.65. The van der Waals surface area contributed by atoms with Crippen molar-refractivity contribution in [3.8, 4) is 11.4 Å². The predicted octanol–water partition coefficient (Wildman–Crippen LogP) is 1.17. The van der Waals surface area contributed by atoms with Crippen LogP contribution in [0.1, 0.15) is 5.82 Å². The molecule has 1 radical (unpaired) electrons. The van der Waals surface area contributed by atoms with Crippen molar-refractivity contribution in [3.63, 3.8) is 0 Å². The summed E-state index contributed by atoms with van der Waals surface area (Å²) in [6.45, 7) is 1.82. The van der Waals surface area contributed by atoms with E-state index in [9.17, 15) is 0 Å². The van der Waals surface area contributed by atoms with Crippen LogP contribution in [0.15, 0.2) is 16.7 Å². The first kappa shape index (κ1) is 6.15. The topological polar surface area (TPSA) is 54.7 Å². The summed E-state index contributed by atoms with van der Waals surface area (Å²) in [6.07, 6.45) is 4.14. The maximum Gasteiger partial charge on any atom is 0.169 e. The Bertz CT molecular complexity index is 336. The highest BCUT2D eigenvalue weighted by Crippen LogP contribution is 2.13. The number of nitrogens with zero attached hydrogens (tertiary/aromatic N) is 2. The molecule has 0 aliphatic carbocycles. The minimum absolute atomic E-state index is 0.715. The van der Waals surface area contributed by atoms with E-state index in [0.29, 0.717) is 5.82 Å². The van der Waals surface area contributed by atoms with E-state index in [-0.39, 0.29) is 0 Å². The molecule has 4 heteroatoms. The molecule has 0 aromatic carbocycles. The van der Waals surface area contributed by atoms with E-state index in [2.05, 4.69) is 21.4 Å². The number of nitrogens with one attached hydrogen (secondary N) is 1. The van der Waals surface area contributed by atoms with Crippen LogP contribution in [0, 0.1) is 13.2 Å². The Kier molecular flexibility index (Phi) is 1.25. The standard InChI is InChI=1S/C7H6N3O/c1-5-8-7(10-9-5)6-2-3-11-4-6/h2,4H,1H3,(H,8,9,10). The molecule has 55 valence electrons. The molecule has 0 amide bonds. The van der Waals surface area contributed by atoms with Crippen molar-refractivity contribution >= 4 is 0 Å². The molecular weight excluding hydrogens is 142 g/mol. The van der Waals surface area contributed by atoms with Gasteiger partial charge in [-0.05, 0) is 13.0 Å². The zero-order chi connectivity index (χ0) is 7.68. The van der Waals surface area contributed by atoms with Crippen molar-refractivity contribution in [1.29, 1.82) is 0 Å². The van der Waals surface area contributed by atoms with E-state index in [4.69, 9.17) is 4.42 Å². The lowest BCUT2D eigenvalue weighted by molar-refractivity contribution is 0.559. The number of aryl methyl sites for hydroxylation is 1. The lowest BCUT2D eigenvalue weighted by Crippen LogP contribution is -1.75. The lowest BCUT2D eigenvalue weighted by atomic mass is 10.3. The number of aromatic nitrogens is 3.